The van der Waals surface area contributed by atoms with Gasteiger partial charge in [0.15, 0.2) is 5.82 Å². The summed E-state index contributed by atoms with van der Waals surface area (Å²) in [5, 5.41) is 6.14. The van der Waals surface area contributed by atoms with Crippen molar-refractivity contribution in [2.24, 2.45) is 7.05 Å². The van der Waals surface area contributed by atoms with E-state index in [1.54, 1.807) is 9.80 Å². The Balaban J connectivity index is 1.19. The van der Waals surface area contributed by atoms with Crippen LogP contribution < -0.4 is 15.4 Å². The zero-order valence-electron chi connectivity index (χ0n) is 23.3. The van der Waals surface area contributed by atoms with E-state index in [0.29, 0.717) is 38.3 Å². The monoisotopic (exact) mass is 618 g/mol. The van der Waals surface area contributed by atoms with Gasteiger partial charge in [0.25, 0.3) is 11.8 Å². The number of imidazole rings is 1. The molecule has 2 N–H and O–H groups in total. The molecule has 2 aliphatic rings. The number of anilines is 1. The Hall–Kier alpha value is -4.10. The maximum Gasteiger partial charge on any atom is 0.387 e. The van der Waals surface area contributed by atoms with Crippen LogP contribution in [0.4, 0.5) is 18.9 Å². The summed E-state index contributed by atoms with van der Waals surface area (Å²) >= 11 is 6.43. The number of aromatic nitrogens is 2. The summed E-state index contributed by atoms with van der Waals surface area (Å²) < 4.78 is 45.0. The first-order valence-corrected chi connectivity index (χ1v) is 14.2. The highest BCUT2D eigenvalue weighted by atomic mass is 35.5. The quantitative estimate of drug-likeness (QED) is 0.393. The van der Waals surface area contributed by atoms with Gasteiger partial charge in [-0.2, -0.15) is 8.78 Å². The van der Waals surface area contributed by atoms with Gasteiger partial charge in [0, 0.05) is 63.0 Å². The van der Waals surface area contributed by atoms with E-state index in [2.05, 4.69) is 20.4 Å². The largest absolute Gasteiger partial charge is 0.435 e. The SMILES string of the molecule is Cn1c(-c2ccc(OC(F)F)cc2F)cnc1C(=O)Nc1ccc(C(=O)N2CCN(C(=O)C[C@@H]3CCCN3)CC2)c(Cl)c1. The van der Waals surface area contributed by atoms with E-state index in [1.165, 1.54) is 48.1 Å². The molecule has 3 amide bonds. The maximum absolute atomic E-state index is 14.6. The van der Waals surface area contributed by atoms with E-state index in [1.807, 2.05) is 0 Å². The molecular formula is C29H30ClF3N6O4. The molecule has 43 heavy (non-hydrogen) atoms. The molecular weight excluding hydrogens is 589 g/mol. The van der Waals surface area contributed by atoms with Crippen LogP contribution in [0.2, 0.25) is 5.02 Å². The molecule has 228 valence electrons. The fourth-order valence-electron chi connectivity index (χ4n) is 5.30. The summed E-state index contributed by atoms with van der Waals surface area (Å²) in [6.07, 6.45) is 3.83. The first-order valence-electron chi connectivity index (χ1n) is 13.8. The Morgan fingerprint density at radius 3 is 2.51 bits per heavy atom. The van der Waals surface area contributed by atoms with Gasteiger partial charge in [-0.15, -0.1) is 0 Å². The van der Waals surface area contributed by atoms with Crippen LogP contribution in [-0.2, 0) is 11.8 Å². The number of halogens is 4. The predicted octanol–water partition coefficient (Wildman–Crippen LogP) is 4.16. The lowest BCUT2D eigenvalue weighted by Crippen LogP contribution is -2.51. The summed E-state index contributed by atoms with van der Waals surface area (Å²) in [6, 6.07) is 8.01. The average Bonchev–Trinajstić information content (AvgIpc) is 3.62. The highest BCUT2D eigenvalue weighted by molar-refractivity contribution is 6.34. The van der Waals surface area contributed by atoms with Gasteiger partial charge in [0.2, 0.25) is 5.91 Å². The Morgan fingerprint density at radius 1 is 1.12 bits per heavy atom. The Morgan fingerprint density at radius 2 is 1.86 bits per heavy atom. The topological polar surface area (TPSA) is 109 Å². The number of amides is 3. The molecule has 3 aromatic rings. The molecule has 2 saturated heterocycles. The zero-order valence-corrected chi connectivity index (χ0v) is 24.0. The highest BCUT2D eigenvalue weighted by Crippen LogP contribution is 2.28. The summed E-state index contributed by atoms with van der Waals surface area (Å²) in [5.74, 6) is -2.00. The van der Waals surface area contributed by atoms with Crippen LogP contribution in [0.3, 0.4) is 0 Å². The van der Waals surface area contributed by atoms with Crippen molar-refractivity contribution < 1.29 is 32.3 Å². The van der Waals surface area contributed by atoms with E-state index >= 15 is 0 Å². The van der Waals surface area contributed by atoms with E-state index in [4.69, 9.17) is 11.6 Å². The standard InChI is InChI=1S/C29H30ClF3N6O4/c1-37-24(21-7-5-19(15-23(21)31)43-29(32)33)16-35-26(37)27(41)36-18-4-6-20(22(30)13-18)28(42)39-11-9-38(10-12-39)25(40)14-17-3-2-8-34-17/h4-7,13,15-17,29,34H,2-3,8-12,14H2,1H3,(H,36,41)/t17-/m0/s1. The van der Waals surface area contributed by atoms with Crippen molar-refractivity contribution >= 4 is 35.0 Å². The third-order valence-corrected chi connectivity index (χ3v) is 7.91. The highest BCUT2D eigenvalue weighted by Gasteiger charge is 2.28. The van der Waals surface area contributed by atoms with Gasteiger partial charge >= 0.3 is 6.61 Å². The molecule has 1 atom stereocenters. The molecule has 0 spiro atoms. The normalized spacial score (nSPS) is 16.9. The van der Waals surface area contributed by atoms with Gasteiger partial charge < -0.3 is 29.7 Å². The number of hydrogen-bond acceptors (Lipinski definition) is 6. The van der Waals surface area contributed by atoms with E-state index in [-0.39, 0.29) is 51.3 Å². The fraction of sp³-hybridized carbons (Fsp3) is 0.379. The van der Waals surface area contributed by atoms with Crippen LogP contribution in [0.15, 0.2) is 42.6 Å². The summed E-state index contributed by atoms with van der Waals surface area (Å²) in [5.41, 5.74) is 0.857. The number of alkyl halides is 2. The summed E-state index contributed by atoms with van der Waals surface area (Å²) in [4.78, 5) is 46.3. The molecule has 5 rings (SSSR count). The van der Waals surface area contributed by atoms with Crippen molar-refractivity contribution in [1.29, 1.82) is 0 Å². The number of benzene rings is 2. The average molecular weight is 619 g/mol. The first-order chi connectivity index (χ1) is 20.6. The molecule has 2 aromatic carbocycles. The smallest absolute Gasteiger partial charge is 0.387 e. The van der Waals surface area contributed by atoms with Gasteiger partial charge in [-0.05, 0) is 49.7 Å². The zero-order chi connectivity index (χ0) is 30.7. The van der Waals surface area contributed by atoms with Gasteiger partial charge in [-0.3, -0.25) is 14.4 Å². The third-order valence-electron chi connectivity index (χ3n) is 7.59. The van der Waals surface area contributed by atoms with Crippen LogP contribution in [0.5, 0.6) is 5.75 Å². The van der Waals surface area contributed by atoms with Gasteiger partial charge in [0.05, 0.1) is 22.5 Å². The lowest BCUT2D eigenvalue weighted by atomic mass is 10.1. The number of nitrogens with one attached hydrogen (secondary N) is 2. The van der Waals surface area contributed by atoms with E-state index < -0.39 is 18.3 Å². The van der Waals surface area contributed by atoms with E-state index in [0.717, 1.165) is 25.5 Å². The number of hydrogen-bond donors (Lipinski definition) is 2. The second-order valence-corrected chi connectivity index (χ2v) is 10.8. The number of carbonyl (C=O) groups excluding carboxylic acids is 3. The molecule has 2 aliphatic heterocycles. The predicted molar refractivity (Wildman–Crippen MR) is 153 cm³/mol. The van der Waals surface area contributed by atoms with Gasteiger partial charge in [-0.1, -0.05) is 11.6 Å². The molecule has 3 heterocycles. The number of piperazine rings is 1. The van der Waals surface area contributed by atoms with Crippen LogP contribution >= 0.6 is 11.6 Å². The first kappa shape index (κ1) is 30.4. The molecule has 14 heteroatoms. The number of carbonyl (C=O) groups is 3. The molecule has 0 unspecified atom stereocenters. The molecule has 0 saturated carbocycles. The molecule has 10 nitrogen and oxygen atoms in total. The molecule has 0 radical (unpaired) electrons. The molecule has 1 aromatic heterocycles. The van der Waals surface area contributed by atoms with Crippen molar-refractivity contribution in [3.8, 4) is 17.0 Å². The van der Waals surface area contributed by atoms with Crippen molar-refractivity contribution in [1.82, 2.24) is 24.7 Å². The summed E-state index contributed by atoms with van der Waals surface area (Å²) in [6.45, 7) is -0.467. The second-order valence-electron chi connectivity index (χ2n) is 10.4. The third kappa shape index (κ3) is 6.94. The number of nitrogens with zero attached hydrogens (tertiary/aromatic N) is 4. The second kappa shape index (κ2) is 13.0. The van der Waals surface area contributed by atoms with Gasteiger partial charge in [0.1, 0.15) is 11.6 Å². The van der Waals surface area contributed by atoms with Crippen molar-refractivity contribution in [2.75, 3.05) is 38.0 Å². The van der Waals surface area contributed by atoms with Crippen LogP contribution in [0.1, 0.15) is 40.2 Å². The van der Waals surface area contributed by atoms with Crippen LogP contribution in [0.25, 0.3) is 11.3 Å². The van der Waals surface area contributed by atoms with Crippen molar-refractivity contribution in [2.45, 2.75) is 31.9 Å². The molecule has 0 bridgehead atoms. The minimum absolute atomic E-state index is 0.0394. The Labute approximate surface area is 250 Å². The number of rotatable bonds is 8. The summed E-state index contributed by atoms with van der Waals surface area (Å²) in [7, 11) is 1.51. The van der Waals surface area contributed by atoms with Crippen molar-refractivity contribution in [3.63, 3.8) is 0 Å². The van der Waals surface area contributed by atoms with Crippen molar-refractivity contribution in [3.05, 3.63) is 64.8 Å². The molecule has 2 fully saturated rings. The molecule has 0 aliphatic carbocycles. The fourth-order valence-corrected chi connectivity index (χ4v) is 5.57. The van der Waals surface area contributed by atoms with Crippen LogP contribution in [-0.4, -0.2) is 82.4 Å². The lowest BCUT2D eigenvalue weighted by molar-refractivity contribution is -0.133. The van der Waals surface area contributed by atoms with Gasteiger partial charge in [-0.25, -0.2) is 9.37 Å². The number of ether oxygens (including phenoxy) is 1. The minimum Gasteiger partial charge on any atom is -0.435 e. The Kier molecular flexibility index (Phi) is 9.21. The Bertz CT molecular complexity index is 1520. The minimum atomic E-state index is -3.09. The maximum atomic E-state index is 14.6. The lowest BCUT2D eigenvalue weighted by Gasteiger charge is -2.35. The van der Waals surface area contributed by atoms with E-state index in [9.17, 15) is 27.6 Å². The van der Waals surface area contributed by atoms with Crippen LogP contribution in [0, 0.1) is 5.82 Å².